The second-order valence-electron chi connectivity index (χ2n) is 3.30. The molecule has 3 aliphatic rings. The van der Waals surface area contributed by atoms with Crippen LogP contribution < -0.4 is 5.32 Å². The molecule has 3 heterocycles. The molecule has 5 heteroatoms. The summed E-state index contributed by atoms with van der Waals surface area (Å²) < 4.78 is 0. The lowest BCUT2D eigenvalue weighted by Gasteiger charge is -2.38. The zero-order valence-corrected chi connectivity index (χ0v) is 7.29. The Hall–Kier alpha value is -1.91. The second kappa shape index (κ2) is 2.54. The van der Waals surface area contributed by atoms with E-state index in [0.29, 0.717) is 5.57 Å². The summed E-state index contributed by atoms with van der Waals surface area (Å²) in [6.45, 7) is 0. The molecule has 70 valence electrons. The van der Waals surface area contributed by atoms with E-state index in [2.05, 4.69) is 15.5 Å². The van der Waals surface area contributed by atoms with E-state index in [4.69, 9.17) is 0 Å². The van der Waals surface area contributed by atoms with Gasteiger partial charge in [0.15, 0.2) is 6.17 Å². The number of carbonyl (C=O) groups excluding carboxylic acids is 1. The third-order valence-electron chi connectivity index (χ3n) is 2.51. The van der Waals surface area contributed by atoms with E-state index in [1.807, 2.05) is 29.6 Å². The van der Waals surface area contributed by atoms with E-state index in [9.17, 15) is 4.79 Å². The third-order valence-corrected chi connectivity index (χ3v) is 2.51. The first-order chi connectivity index (χ1) is 6.86. The first-order valence-corrected chi connectivity index (χ1v) is 4.40. The molecule has 0 aromatic rings. The minimum Gasteiger partial charge on any atom is -0.365 e. The zero-order chi connectivity index (χ0) is 9.54. The molecule has 3 aliphatic heterocycles. The van der Waals surface area contributed by atoms with Gasteiger partial charge in [0, 0.05) is 24.2 Å². The Balaban J connectivity index is 2.13. The number of rotatable bonds is 0. The number of azo groups is 1. The number of hydrogen-bond donors (Lipinski definition) is 1. The van der Waals surface area contributed by atoms with Crippen LogP contribution in [0.25, 0.3) is 0 Å². The van der Waals surface area contributed by atoms with Gasteiger partial charge in [-0.2, -0.15) is 5.11 Å². The Morgan fingerprint density at radius 3 is 3.29 bits per heavy atom. The molecule has 0 saturated heterocycles. The quantitative estimate of drug-likeness (QED) is 0.602. The van der Waals surface area contributed by atoms with Crippen molar-refractivity contribution in [3.63, 3.8) is 0 Å². The molecule has 3 rings (SSSR count). The highest BCUT2D eigenvalue weighted by molar-refractivity contribution is 5.96. The van der Waals surface area contributed by atoms with Gasteiger partial charge in [0.05, 0.1) is 0 Å². The summed E-state index contributed by atoms with van der Waals surface area (Å²) in [5.41, 5.74) is 0.698. The van der Waals surface area contributed by atoms with Gasteiger partial charge in [0.2, 0.25) is 0 Å². The lowest BCUT2D eigenvalue weighted by molar-refractivity contribution is -0.116. The molecular formula is C9H8N4O. The van der Waals surface area contributed by atoms with Gasteiger partial charge in [-0.1, -0.05) is 0 Å². The summed E-state index contributed by atoms with van der Waals surface area (Å²) in [6, 6.07) is -0.0324. The lowest BCUT2D eigenvalue weighted by atomic mass is 9.97. The molecule has 14 heavy (non-hydrogen) atoms. The maximum atomic E-state index is 11.4. The summed E-state index contributed by atoms with van der Waals surface area (Å²) in [5, 5.41) is 10.6. The van der Waals surface area contributed by atoms with E-state index < -0.39 is 0 Å². The molecule has 1 N–H and O–H groups in total. The normalized spacial score (nSPS) is 32.4. The summed E-state index contributed by atoms with van der Waals surface area (Å²) in [5.74, 6) is -0.238. The van der Waals surface area contributed by atoms with Crippen LogP contribution in [-0.4, -0.2) is 23.0 Å². The molecule has 0 aliphatic carbocycles. The van der Waals surface area contributed by atoms with Crippen molar-refractivity contribution in [3.05, 3.63) is 36.3 Å². The van der Waals surface area contributed by atoms with E-state index in [1.165, 1.54) is 0 Å². The second-order valence-corrected chi connectivity index (χ2v) is 3.30. The lowest BCUT2D eigenvalue weighted by Crippen LogP contribution is -2.51. The van der Waals surface area contributed by atoms with Gasteiger partial charge in [-0.05, 0) is 12.2 Å². The Morgan fingerprint density at radius 1 is 1.43 bits per heavy atom. The zero-order valence-electron chi connectivity index (χ0n) is 7.29. The predicted octanol–water partition coefficient (Wildman–Crippen LogP) is 0.504. The van der Waals surface area contributed by atoms with Gasteiger partial charge in [-0.25, -0.2) is 0 Å². The molecule has 5 nitrogen and oxygen atoms in total. The van der Waals surface area contributed by atoms with Gasteiger partial charge in [0.1, 0.15) is 6.04 Å². The Labute approximate surface area is 80.5 Å². The van der Waals surface area contributed by atoms with Gasteiger partial charge in [-0.15, -0.1) is 5.11 Å². The number of carbonyl (C=O) groups is 1. The molecule has 0 spiro atoms. The summed E-state index contributed by atoms with van der Waals surface area (Å²) in [7, 11) is 0. The van der Waals surface area contributed by atoms with Crippen molar-refractivity contribution in [2.45, 2.75) is 12.2 Å². The van der Waals surface area contributed by atoms with Crippen molar-refractivity contribution in [2.24, 2.45) is 10.2 Å². The maximum absolute atomic E-state index is 11.4. The Bertz CT molecular complexity index is 407. The van der Waals surface area contributed by atoms with Crippen molar-refractivity contribution < 1.29 is 4.79 Å². The van der Waals surface area contributed by atoms with Crippen molar-refractivity contribution in [2.75, 3.05) is 0 Å². The van der Waals surface area contributed by atoms with E-state index in [1.54, 1.807) is 6.08 Å². The van der Waals surface area contributed by atoms with Crippen LogP contribution in [0.15, 0.2) is 46.6 Å². The van der Waals surface area contributed by atoms with Crippen LogP contribution in [0, 0.1) is 0 Å². The molecule has 0 saturated carbocycles. The van der Waals surface area contributed by atoms with Gasteiger partial charge >= 0.3 is 0 Å². The molecule has 0 unspecified atom stereocenters. The van der Waals surface area contributed by atoms with Gasteiger partial charge in [0.25, 0.3) is 5.91 Å². The number of amides is 1. The van der Waals surface area contributed by atoms with E-state index in [0.717, 1.165) is 0 Å². The monoisotopic (exact) mass is 188 g/mol. The van der Waals surface area contributed by atoms with Crippen LogP contribution in [0.1, 0.15) is 0 Å². The van der Waals surface area contributed by atoms with Crippen LogP contribution in [0.3, 0.4) is 0 Å². The topological polar surface area (TPSA) is 57.1 Å². The Morgan fingerprint density at radius 2 is 2.36 bits per heavy atom. The summed E-state index contributed by atoms with van der Waals surface area (Å²) in [4.78, 5) is 13.4. The molecule has 1 amide bonds. The smallest absolute Gasteiger partial charge is 0.293 e. The van der Waals surface area contributed by atoms with Crippen LogP contribution in [0.5, 0.6) is 0 Å². The number of nitrogens with zero attached hydrogens (tertiary/aromatic N) is 3. The minimum atomic E-state index is -0.238. The fourth-order valence-electron chi connectivity index (χ4n) is 1.86. The van der Waals surface area contributed by atoms with Crippen molar-refractivity contribution in [3.8, 4) is 0 Å². The molecule has 0 bridgehead atoms. The third kappa shape index (κ3) is 0.863. The molecule has 0 aromatic carbocycles. The number of hydrogen-bond acceptors (Lipinski definition) is 4. The van der Waals surface area contributed by atoms with Crippen molar-refractivity contribution in [1.29, 1.82) is 0 Å². The number of nitrogens with one attached hydrogen (secondary N) is 1. The molecule has 0 aromatic heterocycles. The van der Waals surface area contributed by atoms with E-state index >= 15 is 0 Å². The van der Waals surface area contributed by atoms with Crippen LogP contribution in [-0.2, 0) is 4.79 Å². The van der Waals surface area contributed by atoms with Crippen molar-refractivity contribution in [1.82, 2.24) is 10.2 Å². The van der Waals surface area contributed by atoms with Gasteiger partial charge in [-0.3, -0.25) is 4.79 Å². The number of allylic oxidation sites excluding steroid dienone is 2. The fraction of sp³-hybridized carbons (Fsp3) is 0.222. The van der Waals surface area contributed by atoms with Crippen LogP contribution in [0.4, 0.5) is 0 Å². The first-order valence-electron chi connectivity index (χ1n) is 4.40. The van der Waals surface area contributed by atoms with Crippen LogP contribution in [0.2, 0.25) is 0 Å². The highest BCUT2D eigenvalue weighted by atomic mass is 16.2. The average molecular weight is 188 g/mol. The highest BCUT2D eigenvalue weighted by Gasteiger charge is 2.38. The summed E-state index contributed by atoms with van der Waals surface area (Å²) in [6.07, 6.45) is 9.12. The highest BCUT2D eigenvalue weighted by Crippen LogP contribution is 2.27. The van der Waals surface area contributed by atoms with E-state index in [-0.39, 0.29) is 18.1 Å². The molecule has 0 fully saturated rings. The fourth-order valence-corrected chi connectivity index (χ4v) is 1.86. The molecule has 0 radical (unpaired) electrons. The Kier molecular flexibility index (Phi) is 1.36. The average Bonchev–Trinajstić information content (AvgIpc) is 2.24. The maximum Gasteiger partial charge on any atom is 0.293 e. The minimum absolute atomic E-state index is 0.0324. The predicted molar refractivity (Wildman–Crippen MR) is 48.8 cm³/mol. The van der Waals surface area contributed by atoms with Gasteiger partial charge < -0.3 is 10.2 Å². The van der Waals surface area contributed by atoms with Crippen LogP contribution >= 0.6 is 0 Å². The first kappa shape index (κ1) is 7.49. The molecular weight excluding hydrogens is 180 g/mol. The molecule has 2 atom stereocenters. The largest absolute Gasteiger partial charge is 0.365 e. The SMILES string of the molecule is O=C1N=N[C@H]2NC=CN3C=CC=C1[C@H]23. The van der Waals surface area contributed by atoms with Crippen molar-refractivity contribution >= 4 is 5.91 Å². The summed E-state index contributed by atoms with van der Waals surface area (Å²) >= 11 is 0. The standard InChI is InChI=1S/C9H8N4O/c14-9-6-2-1-4-13-5-3-10-8(7(6)13)11-12-9/h1-5,7-8,10H/t7-,8-/m1/s1.